The lowest BCUT2D eigenvalue weighted by atomic mass is 10.2. The molecule has 0 atom stereocenters. The molecule has 0 aromatic heterocycles. The van der Waals surface area contributed by atoms with Gasteiger partial charge in [-0.05, 0) is 60.5 Å². The Bertz CT molecular complexity index is 1070. The molecule has 0 fully saturated rings. The van der Waals surface area contributed by atoms with Crippen molar-refractivity contribution in [2.75, 3.05) is 17.2 Å². The van der Waals surface area contributed by atoms with Gasteiger partial charge in [-0.25, -0.2) is 4.79 Å². The van der Waals surface area contributed by atoms with Crippen molar-refractivity contribution in [1.82, 2.24) is 0 Å². The van der Waals surface area contributed by atoms with Crippen molar-refractivity contribution in [3.05, 3.63) is 88.4 Å². The number of anilines is 2. The van der Waals surface area contributed by atoms with E-state index in [4.69, 9.17) is 21.4 Å². The van der Waals surface area contributed by atoms with Gasteiger partial charge < -0.3 is 20.5 Å². The highest BCUT2D eigenvalue weighted by Gasteiger charge is 2.08. The van der Waals surface area contributed by atoms with E-state index in [1.807, 2.05) is 37.3 Å². The Morgan fingerprint density at radius 1 is 1.00 bits per heavy atom. The lowest BCUT2D eigenvalue weighted by Crippen LogP contribution is -2.20. The van der Waals surface area contributed by atoms with Gasteiger partial charge in [0.1, 0.15) is 5.75 Å². The monoisotopic (exact) mass is 424 g/mol. The Labute approximate surface area is 179 Å². The highest BCUT2D eigenvalue weighted by molar-refractivity contribution is 6.32. The minimum atomic E-state index is -0.977. The minimum Gasteiger partial charge on any atom is -0.482 e. The lowest BCUT2D eigenvalue weighted by Gasteiger charge is -2.11. The number of hydrogen-bond donors (Lipinski definition) is 3. The summed E-state index contributed by atoms with van der Waals surface area (Å²) in [4.78, 5) is 23.1. The second-order valence-corrected chi connectivity index (χ2v) is 7.12. The fourth-order valence-electron chi connectivity index (χ4n) is 2.80. The molecule has 3 aromatic carbocycles. The molecule has 6 nitrogen and oxygen atoms in total. The third-order valence-electron chi connectivity index (χ3n) is 4.26. The average Bonchev–Trinajstić information content (AvgIpc) is 2.72. The number of aromatic carboxylic acids is 1. The Morgan fingerprint density at radius 2 is 1.77 bits per heavy atom. The number of hydrogen-bond acceptors (Lipinski definition) is 4. The number of ether oxygens (including phenoxy) is 1. The summed E-state index contributed by atoms with van der Waals surface area (Å²) < 4.78 is 5.53. The first-order valence-electron chi connectivity index (χ1n) is 9.26. The van der Waals surface area contributed by atoms with Crippen LogP contribution in [0.5, 0.6) is 5.75 Å². The Balaban J connectivity index is 1.54. The van der Waals surface area contributed by atoms with Crippen LogP contribution in [0.4, 0.5) is 11.4 Å². The fourth-order valence-corrected chi connectivity index (χ4v) is 3.06. The highest BCUT2D eigenvalue weighted by Crippen LogP contribution is 2.26. The van der Waals surface area contributed by atoms with E-state index in [1.165, 1.54) is 6.07 Å². The summed E-state index contributed by atoms with van der Waals surface area (Å²) in [6, 6.07) is 19.3. The summed E-state index contributed by atoms with van der Waals surface area (Å²) in [6.07, 6.45) is 0. The van der Waals surface area contributed by atoms with Crippen molar-refractivity contribution in [1.29, 1.82) is 0 Å². The number of aryl methyl sites for hydroxylation is 1. The largest absolute Gasteiger partial charge is 0.482 e. The molecule has 0 spiro atoms. The van der Waals surface area contributed by atoms with E-state index in [0.29, 0.717) is 28.7 Å². The SMILES string of the molecule is Cc1cccc(NC(=O)COc2ccc(CNc3cccc(C(=O)O)c3)cc2Cl)c1. The molecule has 0 aliphatic rings. The maximum Gasteiger partial charge on any atom is 0.335 e. The van der Waals surface area contributed by atoms with Crippen molar-refractivity contribution in [3.63, 3.8) is 0 Å². The molecular weight excluding hydrogens is 404 g/mol. The summed E-state index contributed by atoms with van der Waals surface area (Å²) in [7, 11) is 0. The van der Waals surface area contributed by atoms with Gasteiger partial charge in [-0.3, -0.25) is 4.79 Å². The van der Waals surface area contributed by atoms with Gasteiger partial charge in [0, 0.05) is 17.9 Å². The third-order valence-corrected chi connectivity index (χ3v) is 4.56. The van der Waals surface area contributed by atoms with Crippen LogP contribution in [0.25, 0.3) is 0 Å². The predicted molar refractivity (Wildman–Crippen MR) is 117 cm³/mol. The molecule has 0 saturated heterocycles. The second kappa shape index (κ2) is 9.80. The molecule has 0 heterocycles. The van der Waals surface area contributed by atoms with Crippen molar-refractivity contribution >= 4 is 34.9 Å². The number of rotatable bonds is 8. The van der Waals surface area contributed by atoms with Gasteiger partial charge in [0.15, 0.2) is 6.61 Å². The zero-order valence-electron chi connectivity index (χ0n) is 16.3. The van der Waals surface area contributed by atoms with Crippen LogP contribution in [-0.4, -0.2) is 23.6 Å². The Kier molecular flexibility index (Phi) is 6.93. The van der Waals surface area contributed by atoms with Crippen molar-refractivity contribution in [2.45, 2.75) is 13.5 Å². The summed E-state index contributed by atoms with van der Waals surface area (Å²) in [5.74, 6) is -0.844. The van der Waals surface area contributed by atoms with Crippen LogP contribution in [0.3, 0.4) is 0 Å². The van der Waals surface area contributed by atoms with E-state index in [9.17, 15) is 9.59 Å². The van der Waals surface area contributed by atoms with Crippen LogP contribution < -0.4 is 15.4 Å². The zero-order chi connectivity index (χ0) is 21.5. The van der Waals surface area contributed by atoms with Gasteiger partial charge in [-0.2, -0.15) is 0 Å². The van der Waals surface area contributed by atoms with Crippen LogP contribution in [-0.2, 0) is 11.3 Å². The Morgan fingerprint density at radius 3 is 2.50 bits per heavy atom. The van der Waals surface area contributed by atoms with Crippen molar-refractivity contribution < 1.29 is 19.4 Å². The number of carboxylic acid groups (broad SMARTS) is 1. The van der Waals surface area contributed by atoms with Crippen LogP contribution in [0.15, 0.2) is 66.7 Å². The molecule has 0 bridgehead atoms. The Hall–Kier alpha value is -3.51. The molecule has 0 unspecified atom stereocenters. The molecule has 3 N–H and O–H groups in total. The molecule has 1 amide bonds. The molecule has 3 rings (SSSR count). The molecule has 3 aromatic rings. The molecule has 30 heavy (non-hydrogen) atoms. The first kappa shape index (κ1) is 21.2. The first-order valence-corrected chi connectivity index (χ1v) is 9.63. The first-order chi connectivity index (χ1) is 14.4. The summed E-state index contributed by atoms with van der Waals surface area (Å²) in [5, 5.41) is 15.4. The van der Waals surface area contributed by atoms with Gasteiger partial charge in [0.25, 0.3) is 5.91 Å². The zero-order valence-corrected chi connectivity index (χ0v) is 17.1. The molecule has 0 radical (unpaired) electrons. The van der Waals surface area contributed by atoms with Gasteiger partial charge in [0.05, 0.1) is 10.6 Å². The molecule has 7 heteroatoms. The van der Waals surface area contributed by atoms with Crippen LogP contribution in [0.1, 0.15) is 21.5 Å². The number of carboxylic acids is 1. The van der Waals surface area contributed by atoms with E-state index >= 15 is 0 Å². The normalized spacial score (nSPS) is 10.3. The van der Waals surface area contributed by atoms with E-state index in [0.717, 1.165) is 11.1 Å². The van der Waals surface area contributed by atoms with Gasteiger partial charge in [-0.15, -0.1) is 0 Å². The van der Waals surface area contributed by atoms with Crippen molar-refractivity contribution in [2.24, 2.45) is 0 Å². The average molecular weight is 425 g/mol. The maximum atomic E-state index is 12.1. The quantitative estimate of drug-likeness (QED) is 0.475. The van der Waals surface area contributed by atoms with Crippen LogP contribution in [0.2, 0.25) is 5.02 Å². The topological polar surface area (TPSA) is 87.7 Å². The smallest absolute Gasteiger partial charge is 0.335 e. The maximum absolute atomic E-state index is 12.1. The minimum absolute atomic E-state index is 0.159. The number of carbonyl (C=O) groups is 2. The second-order valence-electron chi connectivity index (χ2n) is 6.71. The van der Waals surface area contributed by atoms with Gasteiger partial charge in [-0.1, -0.05) is 35.9 Å². The molecule has 0 aliphatic carbocycles. The summed E-state index contributed by atoms with van der Waals surface area (Å²) in [6.45, 7) is 2.25. The number of amides is 1. The predicted octanol–water partition coefficient (Wildman–Crippen LogP) is 4.98. The summed E-state index contributed by atoms with van der Waals surface area (Å²) >= 11 is 6.28. The number of carbonyl (C=O) groups excluding carboxylic acids is 1. The van der Waals surface area contributed by atoms with Crippen molar-refractivity contribution in [3.8, 4) is 5.75 Å². The number of benzene rings is 3. The molecule has 0 aliphatic heterocycles. The van der Waals surface area contributed by atoms with Crippen LogP contribution >= 0.6 is 11.6 Å². The fraction of sp³-hybridized carbons (Fsp3) is 0.130. The third kappa shape index (κ3) is 5.99. The van der Waals surface area contributed by atoms with E-state index in [2.05, 4.69) is 10.6 Å². The molecule has 154 valence electrons. The molecule has 0 saturated carbocycles. The van der Waals surface area contributed by atoms with Gasteiger partial charge >= 0.3 is 5.97 Å². The van der Waals surface area contributed by atoms with E-state index in [-0.39, 0.29) is 18.1 Å². The lowest BCUT2D eigenvalue weighted by molar-refractivity contribution is -0.118. The summed E-state index contributed by atoms with van der Waals surface area (Å²) in [5.41, 5.74) is 3.56. The standard InChI is InChI=1S/C23H21ClN2O4/c1-15-4-2-7-19(10-15)26-22(27)14-30-21-9-8-16(11-20(21)24)13-25-18-6-3-5-17(12-18)23(28)29/h2-12,25H,13-14H2,1H3,(H,26,27)(H,28,29). The van der Waals surface area contributed by atoms with Crippen LogP contribution in [0, 0.1) is 6.92 Å². The number of nitrogens with one attached hydrogen (secondary N) is 2. The van der Waals surface area contributed by atoms with E-state index in [1.54, 1.807) is 30.3 Å². The highest BCUT2D eigenvalue weighted by atomic mass is 35.5. The molecular formula is C23H21ClN2O4. The van der Waals surface area contributed by atoms with E-state index < -0.39 is 5.97 Å². The number of halogens is 1. The van der Waals surface area contributed by atoms with Gasteiger partial charge in [0.2, 0.25) is 0 Å².